The molecule has 0 radical (unpaired) electrons. The van der Waals surface area contributed by atoms with Crippen molar-refractivity contribution >= 4 is 46.6 Å². The maximum atomic E-state index is 13.2. The molecule has 156 valence electrons. The largest absolute Gasteiger partial charge is 0.350 e. The summed E-state index contributed by atoms with van der Waals surface area (Å²) in [7, 11) is 0. The van der Waals surface area contributed by atoms with Gasteiger partial charge in [0.1, 0.15) is 6.04 Å². The maximum Gasteiger partial charge on any atom is 0.242 e. The van der Waals surface area contributed by atoms with Crippen LogP contribution in [0, 0.1) is 0 Å². The van der Waals surface area contributed by atoms with Crippen LogP contribution in [0.5, 0.6) is 0 Å². The number of carbonyl (C=O) groups is 2. The monoisotopic (exact) mass is 454 g/mol. The summed E-state index contributed by atoms with van der Waals surface area (Å²) in [6.07, 6.45) is 0.131. The number of hydrogen-bond acceptors (Lipinski definition) is 2. The first-order valence-corrected chi connectivity index (χ1v) is 10.4. The molecule has 1 atom stereocenters. The van der Waals surface area contributed by atoms with Crippen molar-refractivity contribution < 1.29 is 9.59 Å². The zero-order valence-corrected chi connectivity index (χ0v) is 19.2. The number of hydrogen-bond donors (Lipinski definition) is 1. The van der Waals surface area contributed by atoms with Gasteiger partial charge in [0.2, 0.25) is 11.8 Å². The van der Waals surface area contributed by atoms with Crippen LogP contribution in [0.1, 0.15) is 38.8 Å². The molecule has 0 aliphatic carbocycles. The summed E-state index contributed by atoms with van der Waals surface area (Å²) in [6.45, 7) is 7.50. The Bertz CT molecular complexity index is 856. The maximum absolute atomic E-state index is 13.2. The molecule has 7 heteroatoms. The molecule has 1 N–H and O–H groups in total. The average molecular weight is 456 g/mol. The van der Waals surface area contributed by atoms with Gasteiger partial charge in [-0.05, 0) is 57.5 Å². The van der Waals surface area contributed by atoms with E-state index in [1.165, 1.54) is 4.90 Å². The van der Waals surface area contributed by atoms with Gasteiger partial charge in [0.05, 0.1) is 6.42 Å². The summed E-state index contributed by atoms with van der Waals surface area (Å²) in [5.41, 5.74) is 0.993. The van der Waals surface area contributed by atoms with E-state index >= 15 is 0 Å². The third kappa shape index (κ3) is 6.91. The minimum atomic E-state index is -0.707. The van der Waals surface area contributed by atoms with Crippen molar-refractivity contribution in [2.24, 2.45) is 0 Å². The minimum Gasteiger partial charge on any atom is -0.350 e. The molecule has 0 spiro atoms. The van der Waals surface area contributed by atoms with Crippen LogP contribution in [0.15, 0.2) is 42.5 Å². The van der Waals surface area contributed by atoms with E-state index in [-0.39, 0.29) is 24.8 Å². The summed E-state index contributed by atoms with van der Waals surface area (Å²) >= 11 is 18.5. The molecule has 0 fully saturated rings. The van der Waals surface area contributed by atoms with E-state index < -0.39 is 11.6 Å². The van der Waals surface area contributed by atoms with E-state index in [1.807, 2.05) is 20.8 Å². The van der Waals surface area contributed by atoms with Gasteiger partial charge in [-0.15, -0.1) is 0 Å². The summed E-state index contributed by atoms with van der Waals surface area (Å²) in [5, 5.41) is 4.42. The number of amides is 2. The molecule has 0 bridgehead atoms. The second-order valence-electron chi connectivity index (χ2n) is 7.94. The van der Waals surface area contributed by atoms with Crippen molar-refractivity contribution in [3.63, 3.8) is 0 Å². The van der Waals surface area contributed by atoms with Gasteiger partial charge in [0, 0.05) is 32.7 Å². The van der Waals surface area contributed by atoms with Crippen molar-refractivity contribution in [1.82, 2.24) is 10.2 Å². The molecule has 2 rings (SSSR count). The lowest BCUT2D eigenvalue weighted by atomic mass is 10.1. The van der Waals surface area contributed by atoms with Crippen LogP contribution in [0.2, 0.25) is 15.1 Å². The van der Waals surface area contributed by atoms with Crippen LogP contribution in [0.4, 0.5) is 0 Å². The lowest BCUT2D eigenvalue weighted by Crippen LogP contribution is -2.52. The zero-order valence-electron chi connectivity index (χ0n) is 16.9. The molecule has 0 aliphatic heterocycles. The first-order chi connectivity index (χ1) is 13.5. The fourth-order valence-corrected chi connectivity index (χ4v) is 3.43. The molecule has 0 heterocycles. The Balaban J connectivity index is 2.32. The van der Waals surface area contributed by atoms with E-state index in [9.17, 15) is 9.59 Å². The fourth-order valence-electron chi connectivity index (χ4n) is 2.79. The van der Waals surface area contributed by atoms with Gasteiger partial charge in [-0.3, -0.25) is 9.59 Å². The standard InChI is InChI=1S/C22H25Cl3N2O2/c1-14(21(29)26-22(2,3)4)27(13-17-18(24)6-5-7-19(17)25)20(28)12-15-8-10-16(23)11-9-15/h5-11,14H,12-13H2,1-4H3,(H,26,29)/t14-/m0/s1. The van der Waals surface area contributed by atoms with Gasteiger partial charge in [0.15, 0.2) is 0 Å². The molecule has 0 saturated heterocycles. The van der Waals surface area contributed by atoms with Crippen molar-refractivity contribution in [2.45, 2.75) is 52.2 Å². The molecule has 2 amide bonds. The second-order valence-corrected chi connectivity index (χ2v) is 9.19. The summed E-state index contributed by atoms with van der Waals surface area (Å²) in [4.78, 5) is 27.4. The lowest BCUT2D eigenvalue weighted by Gasteiger charge is -2.32. The number of rotatable bonds is 6. The second kappa shape index (κ2) is 9.84. The smallest absolute Gasteiger partial charge is 0.242 e. The van der Waals surface area contributed by atoms with E-state index in [1.54, 1.807) is 49.4 Å². The predicted octanol–water partition coefficient (Wildman–Crippen LogP) is 5.52. The highest BCUT2D eigenvalue weighted by Crippen LogP contribution is 2.27. The molecular formula is C22H25Cl3N2O2. The topological polar surface area (TPSA) is 49.4 Å². The molecule has 2 aromatic rings. The molecule has 0 aliphatic rings. The van der Waals surface area contributed by atoms with Crippen molar-refractivity contribution in [2.75, 3.05) is 0 Å². The van der Waals surface area contributed by atoms with Gasteiger partial charge in [-0.2, -0.15) is 0 Å². The van der Waals surface area contributed by atoms with E-state index in [2.05, 4.69) is 5.32 Å². The van der Waals surface area contributed by atoms with Crippen molar-refractivity contribution in [1.29, 1.82) is 0 Å². The molecule has 2 aromatic carbocycles. The molecule has 0 unspecified atom stereocenters. The minimum absolute atomic E-state index is 0.129. The first-order valence-electron chi connectivity index (χ1n) is 9.27. The molecule has 29 heavy (non-hydrogen) atoms. The Morgan fingerprint density at radius 1 is 1.00 bits per heavy atom. The SMILES string of the molecule is C[C@@H](C(=O)NC(C)(C)C)N(Cc1c(Cl)cccc1Cl)C(=O)Cc1ccc(Cl)cc1. The Kier molecular flexibility index (Phi) is 7.98. The first kappa shape index (κ1) is 23.5. The summed E-state index contributed by atoms with van der Waals surface area (Å²) in [5.74, 6) is -0.454. The van der Waals surface area contributed by atoms with Gasteiger partial charge in [-0.25, -0.2) is 0 Å². The Hall–Kier alpha value is -1.75. The number of nitrogens with one attached hydrogen (secondary N) is 1. The van der Waals surface area contributed by atoms with Gasteiger partial charge >= 0.3 is 0 Å². The van der Waals surface area contributed by atoms with E-state index in [0.29, 0.717) is 20.6 Å². The molecular weight excluding hydrogens is 431 g/mol. The van der Waals surface area contributed by atoms with Gasteiger partial charge < -0.3 is 10.2 Å². The number of benzene rings is 2. The van der Waals surface area contributed by atoms with Crippen LogP contribution in [-0.2, 0) is 22.6 Å². The summed E-state index contributed by atoms with van der Waals surface area (Å²) < 4.78 is 0. The highest BCUT2D eigenvalue weighted by Gasteiger charge is 2.29. The highest BCUT2D eigenvalue weighted by atomic mass is 35.5. The third-order valence-electron chi connectivity index (χ3n) is 4.32. The van der Waals surface area contributed by atoms with E-state index in [4.69, 9.17) is 34.8 Å². The van der Waals surface area contributed by atoms with E-state index in [0.717, 1.165) is 5.56 Å². The number of nitrogens with zero attached hydrogens (tertiary/aromatic N) is 1. The average Bonchev–Trinajstić information content (AvgIpc) is 2.61. The Labute approximate surface area is 187 Å². The van der Waals surface area contributed by atoms with Crippen molar-refractivity contribution in [3.05, 3.63) is 68.7 Å². The normalized spacial score (nSPS) is 12.4. The van der Waals surface area contributed by atoms with Crippen LogP contribution in [-0.4, -0.2) is 28.3 Å². The Morgan fingerprint density at radius 2 is 1.55 bits per heavy atom. The number of carbonyl (C=O) groups excluding carboxylic acids is 2. The van der Waals surface area contributed by atoms with Gasteiger partial charge in [-0.1, -0.05) is 53.0 Å². The zero-order chi connectivity index (χ0) is 21.8. The van der Waals surface area contributed by atoms with Crippen LogP contribution in [0.25, 0.3) is 0 Å². The quantitative estimate of drug-likeness (QED) is 0.623. The molecule has 0 saturated carbocycles. The van der Waals surface area contributed by atoms with Crippen LogP contribution in [0.3, 0.4) is 0 Å². The molecule has 0 aromatic heterocycles. The van der Waals surface area contributed by atoms with Crippen molar-refractivity contribution in [3.8, 4) is 0 Å². The number of halogens is 3. The summed E-state index contributed by atoms with van der Waals surface area (Å²) in [6, 6.07) is 11.5. The molecule has 4 nitrogen and oxygen atoms in total. The third-order valence-corrected chi connectivity index (χ3v) is 5.28. The van der Waals surface area contributed by atoms with Crippen LogP contribution < -0.4 is 5.32 Å². The predicted molar refractivity (Wildman–Crippen MR) is 120 cm³/mol. The highest BCUT2D eigenvalue weighted by molar-refractivity contribution is 6.36. The fraction of sp³-hybridized carbons (Fsp3) is 0.364. The Morgan fingerprint density at radius 3 is 2.07 bits per heavy atom. The van der Waals surface area contributed by atoms with Gasteiger partial charge in [0.25, 0.3) is 0 Å². The lowest BCUT2D eigenvalue weighted by molar-refractivity contribution is -0.140. The van der Waals surface area contributed by atoms with Crippen LogP contribution >= 0.6 is 34.8 Å².